The topological polar surface area (TPSA) is 6.48 Å². The van der Waals surface area contributed by atoms with Crippen molar-refractivity contribution in [3.8, 4) is 0 Å². The smallest absolute Gasteiger partial charge is 0.123 e. The second kappa shape index (κ2) is 3.70. The second-order valence-corrected chi connectivity index (χ2v) is 5.08. The summed E-state index contributed by atoms with van der Waals surface area (Å²) >= 11 is 0. The lowest BCUT2D eigenvalue weighted by atomic mass is 10.0. The second-order valence-electron chi connectivity index (χ2n) is 5.08. The normalized spacial score (nSPS) is 16.1. The van der Waals surface area contributed by atoms with Gasteiger partial charge in [-0.1, -0.05) is 0 Å². The minimum atomic E-state index is -0.208. The number of hydrogen-bond donors (Lipinski definition) is 0. The first kappa shape index (κ1) is 10.8. The van der Waals surface area contributed by atoms with Crippen molar-refractivity contribution in [1.29, 1.82) is 0 Å². The Hall–Kier alpha value is -2.10. The van der Waals surface area contributed by atoms with E-state index in [1.165, 1.54) is 12.1 Å². The number of rotatable bonds is 0. The van der Waals surface area contributed by atoms with Crippen LogP contribution in [-0.2, 0) is 13.1 Å². The SMILES string of the molecule is Fc1ccc2c(c1)CN1CN2Cc2cc(F)ccc21. The monoisotopic (exact) mass is 258 g/mol. The minimum absolute atomic E-state index is 0.208. The highest BCUT2D eigenvalue weighted by Crippen LogP contribution is 2.38. The molecule has 0 atom stereocenters. The zero-order chi connectivity index (χ0) is 13.0. The molecule has 0 amide bonds. The lowest BCUT2D eigenvalue weighted by Crippen LogP contribution is -2.46. The van der Waals surface area contributed by atoms with Crippen molar-refractivity contribution < 1.29 is 8.78 Å². The van der Waals surface area contributed by atoms with Crippen LogP contribution >= 0.6 is 0 Å². The Morgan fingerprint density at radius 2 is 1.21 bits per heavy atom. The van der Waals surface area contributed by atoms with Gasteiger partial charge < -0.3 is 9.80 Å². The summed E-state index contributed by atoms with van der Waals surface area (Å²) in [4.78, 5) is 4.31. The highest BCUT2D eigenvalue weighted by atomic mass is 19.1. The molecule has 0 aliphatic carbocycles. The average molecular weight is 258 g/mol. The van der Waals surface area contributed by atoms with E-state index < -0.39 is 0 Å². The van der Waals surface area contributed by atoms with Crippen LogP contribution in [0.1, 0.15) is 11.1 Å². The van der Waals surface area contributed by atoms with Gasteiger partial charge in [0.05, 0.1) is 6.67 Å². The van der Waals surface area contributed by atoms with Gasteiger partial charge in [0.2, 0.25) is 0 Å². The van der Waals surface area contributed by atoms with Crippen LogP contribution in [-0.4, -0.2) is 6.67 Å². The van der Waals surface area contributed by atoms with E-state index in [0.29, 0.717) is 13.1 Å². The Bertz CT molecular complexity index is 612. The summed E-state index contributed by atoms with van der Waals surface area (Å²) in [5.41, 5.74) is 4.07. The van der Waals surface area contributed by atoms with Gasteiger partial charge in [0.1, 0.15) is 11.6 Å². The van der Waals surface area contributed by atoms with Crippen LogP contribution in [0, 0.1) is 11.6 Å². The first-order valence-electron chi connectivity index (χ1n) is 6.27. The Labute approximate surface area is 109 Å². The lowest BCUT2D eigenvalue weighted by Gasteiger charge is -2.44. The van der Waals surface area contributed by atoms with Crippen LogP contribution in [0.15, 0.2) is 36.4 Å². The van der Waals surface area contributed by atoms with E-state index in [9.17, 15) is 8.78 Å². The number of benzene rings is 2. The molecule has 0 spiro atoms. The molecule has 19 heavy (non-hydrogen) atoms. The summed E-state index contributed by atoms with van der Waals surface area (Å²) in [5.74, 6) is -0.416. The standard InChI is InChI=1S/C15H12F2N2/c16-12-1-3-14-10(5-12)7-19-9-18(14)8-11-6-13(17)2-4-15(11)19/h1-6H,7-9H2. The van der Waals surface area contributed by atoms with E-state index in [0.717, 1.165) is 29.2 Å². The van der Waals surface area contributed by atoms with E-state index >= 15 is 0 Å². The molecule has 2 aromatic carbocycles. The van der Waals surface area contributed by atoms with Crippen LogP contribution in [0.25, 0.3) is 0 Å². The van der Waals surface area contributed by atoms with E-state index in [1.807, 2.05) is 12.1 Å². The molecular weight excluding hydrogens is 246 g/mol. The van der Waals surface area contributed by atoms with Gasteiger partial charge in [-0.2, -0.15) is 0 Å². The molecule has 2 aliphatic rings. The van der Waals surface area contributed by atoms with Crippen molar-refractivity contribution in [2.75, 3.05) is 16.5 Å². The highest BCUT2D eigenvalue weighted by Gasteiger charge is 2.29. The van der Waals surface area contributed by atoms with Crippen LogP contribution in [0.2, 0.25) is 0 Å². The molecule has 2 bridgehead atoms. The third kappa shape index (κ3) is 1.59. The Balaban J connectivity index is 1.83. The number of anilines is 2. The van der Waals surface area contributed by atoms with Gasteiger partial charge >= 0.3 is 0 Å². The number of halogens is 2. The molecule has 0 saturated heterocycles. The largest absolute Gasteiger partial charge is 0.349 e. The molecule has 96 valence electrons. The van der Waals surface area contributed by atoms with Crippen molar-refractivity contribution in [1.82, 2.24) is 0 Å². The summed E-state index contributed by atoms with van der Waals surface area (Å²) < 4.78 is 26.7. The minimum Gasteiger partial charge on any atom is -0.349 e. The zero-order valence-corrected chi connectivity index (χ0v) is 10.2. The Kier molecular flexibility index (Phi) is 2.10. The summed E-state index contributed by atoms with van der Waals surface area (Å²) in [6.45, 7) is 2.11. The highest BCUT2D eigenvalue weighted by molar-refractivity contribution is 5.67. The Morgan fingerprint density at radius 3 is 1.68 bits per heavy atom. The van der Waals surface area contributed by atoms with Crippen LogP contribution in [0.3, 0.4) is 0 Å². The molecule has 0 aromatic heterocycles. The maximum atomic E-state index is 13.3. The van der Waals surface area contributed by atoms with Crippen molar-refractivity contribution in [2.45, 2.75) is 13.1 Å². The van der Waals surface area contributed by atoms with Crippen molar-refractivity contribution >= 4 is 11.4 Å². The molecule has 2 heterocycles. The predicted molar refractivity (Wildman–Crippen MR) is 70.0 cm³/mol. The first-order chi connectivity index (χ1) is 9.20. The number of hydrogen-bond acceptors (Lipinski definition) is 2. The molecule has 4 rings (SSSR count). The summed E-state index contributed by atoms with van der Waals surface area (Å²) in [5, 5.41) is 0. The van der Waals surface area contributed by atoms with Gasteiger partial charge in [0.25, 0.3) is 0 Å². The maximum Gasteiger partial charge on any atom is 0.123 e. The van der Waals surface area contributed by atoms with Crippen molar-refractivity contribution in [3.05, 3.63) is 59.2 Å². The quantitative estimate of drug-likeness (QED) is 0.715. The summed E-state index contributed by atoms with van der Waals surface area (Å²) in [7, 11) is 0. The molecule has 2 aromatic rings. The molecule has 2 aliphatic heterocycles. The predicted octanol–water partition coefficient (Wildman–Crippen LogP) is 3.26. The molecular formula is C15H12F2N2. The van der Waals surface area contributed by atoms with Gasteiger partial charge in [0.15, 0.2) is 0 Å². The van der Waals surface area contributed by atoms with Gasteiger partial charge in [-0.05, 0) is 47.5 Å². The third-order valence-electron chi connectivity index (χ3n) is 3.83. The molecule has 4 heteroatoms. The van der Waals surface area contributed by atoms with Gasteiger partial charge in [-0.25, -0.2) is 8.78 Å². The zero-order valence-electron chi connectivity index (χ0n) is 10.2. The lowest BCUT2D eigenvalue weighted by molar-refractivity contribution is 0.602. The average Bonchev–Trinajstić information content (AvgIpc) is 2.37. The molecule has 0 fully saturated rings. The maximum absolute atomic E-state index is 13.3. The number of fused-ring (bicyclic) bond motifs is 6. The van der Waals surface area contributed by atoms with E-state index in [-0.39, 0.29) is 11.6 Å². The van der Waals surface area contributed by atoms with Gasteiger partial charge in [-0.15, -0.1) is 0 Å². The summed E-state index contributed by atoms with van der Waals surface area (Å²) in [6, 6.07) is 9.76. The van der Waals surface area contributed by atoms with Gasteiger partial charge in [-0.3, -0.25) is 0 Å². The molecule has 0 N–H and O–H groups in total. The van der Waals surface area contributed by atoms with Crippen molar-refractivity contribution in [2.24, 2.45) is 0 Å². The molecule has 0 unspecified atom stereocenters. The fraction of sp³-hybridized carbons (Fsp3) is 0.200. The fourth-order valence-corrected chi connectivity index (χ4v) is 3.02. The third-order valence-corrected chi connectivity index (χ3v) is 3.83. The molecule has 0 saturated carbocycles. The van der Waals surface area contributed by atoms with Gasteiger partial charge in [0, 0.05) is 24.5 Å². The molecule has 2 nitrogen and oxygen atoms in total. The Morgan fingerprint density at radius 1 is 0.737 bits per heavy atom. The van der Waals surface area contributed by atoms with Crippen LogP contribution < -0.4 is 9.80 Å². The van der Waals surface area contributed by atoms with E-state index in [1.54, 1.807) is 12.1 Å². The fourth-order valence-electron chi connectivity index (χ4n) is 3.02. The summed E-state index contributed by atoms with van der Waals surface area (Å²) in [6.07, 6.45) is 0. The van der Waals surface area contributed by atoms with Crippen LogP contribution in [0.5, 0.6) is 0 Å². The van der Waals surface area contributed by atoms with E-state index in [2.05, 4.69) is 9.80 Å². The van der Waals surface area contributed by atoms with E-state index in [4.69, 9.17) is 0 Å². The molecule has 0 radical (unpaired) electrons. The van der Waals surface area contributed by atoms with Crippen molar-refractivity contribution in [3.63, 3.8) is 0 Å². The number of nitrogens with zero attached hydrogens (tertiary/aromatic N) is 2. The van der Waals surface area contributed by atoms with Crippen LogP contribution in [0.4, 0.5) is 20.2 Å². The first-order valence-corrected chi connectivity index (χ1v) is 6.27.